The number of aliphatic imine (C=N–C) groups is 1. The lowest BCUT2D eigenvalue weighted by Gasteiger charge is -2.26. The van der Waals surface area contributed by atoms with Crippen LogP contribution < -0.4 is 10.6 Å². The van der Waals surface area contributed by atoms with Crippen LogP contribution in [0.4, 0.5) is 0 Å². The Morgan fingerprint density at radius 3 is 2.67 bits per heavy atom. The van der Waals surface area contributed by atoms with Crippen LogP contribution in [0.25, 0.3) is 11.3 Å². The van der Waals surface area contributed by atoms with Crippen molar-refractivity contribution in [3.8, 4) is 11.3 Å². The summed E-state index contributed by atoms with van der Waals surface area (Å²) >= 11 is 1.67. The summed E-state index contributed by atoms with van der Waals surface area (Å²) in [7, 11) is 0. The Morgan fingerprint density at radius 1 is 1.15 bits per heavy atom. The summed E-state index contributed by atoms with van der Waals surface area (Å²) in [4.78, 5) is 11.9. The zero-order chi connectivity index (χ0) is 18.0. The maximum Gasteiger partial charge on any atom is 0.191 e. The van der Waals surface area contributed by atoms with Crippen LogP contribution in [0, 0.1) is 0 Å². The van der Waals surface area contributed by atoms with Crippen molar-refractivity contribution in [3.63, 3.8) is 0 Å². The fraction of sp³-hybridized carbons (Fsp3) is 0.500. The number of benzene rings is 1. The Balaban J connectivity index is 0.00000261. The maximum atomic E-state index is 4.71. The fourth-order valence-corrected chi connectivity index (χ4v) is 3.86. The first-order valence-corrected chi connectivity index (χ1v) is 10.5. The minimum absolute atomic E-state index is 0. The standard InChI is InChI=1S/C20H29N5S.HI/c1-2-21-20(22-11-14-25-12-7-4-8-13-25)23-15-19-24-18(16-26-19)17-9-5-3-6-10-17;/h3,5-6,9-10,16H,2,4,7-8,11-15H2,1H3,(H2,21,22,23);1H. The van der Waals surface area contributed by atoms with E-state index in [1.807, 2.05) is 18.2 Å². The van der Waals surface area contributed by atoms with Gasteiger partial charge in [-0.3, -0.25) is 0 Å². The van der Waals surface area contributed by atoms with Gasteiger partial charge in [-0.25, -0.2) is 9.98 Å². The lowest BCUT2D eigenvalue weighted by molar-refractivity contribution is 0.232. The molecule has 1 fully saturated rings. The largest absolute Gasteiger partial charge is 0.357 e. The Labute approximate surface area is 183 Å². The summed E-state index contributed by atoms with van der Waals surface area (Å²) in [6.07, 6.45) is 4.05. The molecule has 0 amide bonds. The minimum Gasteiger partial charge on any atom is -0.357 e. The zero-order valence-electron chi connectivity index (χ0n) is 16.0. The predicted octanol–water partition coefficient (Wildman–Crippen LogP) is 3.97. The van der Waals surface area contributed by atoms with Crippen molar-refractivity contribution in [2.24, 2.45) is 4.99 Å². The lowest BCUT2D eigenvalue weighted by Crippen LogP contribution is -2.42. The van der Waals surface area contributed by atoms with Gasteiger partial charge in [0.2, 0.25) is 0 Å². The summed E-state index contributed by atoms with van der Waals surface area (Å²) in [6, 6.07) is 10.3. The van der Waals surface area contributed by atoms with Crippen LogP contribution in [0.15, 0.2) is 40.7 Å². The first kappa shape index (κ1) is 22.1. The van der Waals surface area contributed by atoms with Gasteiger partial charge in [-0.2, -0.15) is 0 Å². The number of thiazole rings is 1. The second kappa shape index (κ2) is 12.3. The van der Waals surface area contributed by atoms with Gasteiger partial charge >= 0.3 is 0 Å². The number of rotatable bonds is 7. The molecule has 0 radical (unpaired) electrons. The molecule has 0 aliphatic carbocycles. The molecule has 2 N–H and O–H groups in total. The van der Waals surface area contributed by atoms with E-state index in [1.165, 1.54) is 32.4 Å². The van der Waals surface area contributed by atoms with Gasteiger partial charge in [0.15, 0.2) is 5.96 Å². The van der Waals surface area contributed by atoms with E-state index in [1.54, 1.807) is 11.3 Å². The molecule has 0 atom stereocenters. The Hall–Kier alpha value is -1.19. The van der Waals surface area contributed by atoms with Crippen molar-refractivity contribution >= 4 is 41.3 Å². The number of aromatic nitrogens is 1. The number of hydrogen-bond acceptors (Lipinski definition) is 4. The van der Waals surface area contributed by atoms with E-state index in [4.69, 9.17) is 9.98 Å². The third kappa shape index (κ3) is 7.38. The third-order valence-electron chi connectivity index (χ3n) is 4.51. The van der Waals surface area contributed by atoms with Gasteiger partial charge < -0.3 is 15.5 Å². The van der Waals surface area contributed by atoms with Gasteiger partial charge in [-0.1, -0.05) is 36.8 Å². The van der Waals surface area contributed by atoms with Crippen molar-refractivity contribution in [1.29, 1.82) is 0 Å². The number of piperidine rings is 1. The van der Waals surface area contributed by atoms with Crippen LogP contribution in [-0.4, -0.2) is 48.6 Å². The molecule has 1 aromatic heterocycles. The average molecular weight is 499 g/mol. The molecule has 5 nitrogen and oxygen atoms in total. The van der Waals surface area contributed by atoms with Gasteiger partial charge in [-0.15, -0.1) is 35.3 Å². The van der Waals surface area contributed by atoms with Gasteiger partial charge in [-0.05, 0) is 32.9 Å². The molecule has 27 heavy (non-hydrogen) atoms. The van der Waals surface area contributed by atoms with Crippen molar-refractivity contribution in [1.82, 2.24) is 20.5 Å². The zero-order valence-corrected chi connectivity index (χ0v) is 19.1. The fourth-order valence-electron chi connectivity index (χ4n) is 3.13. The second-order valence-electron chi connectivity index (χ2n) is 6.52. The number of nitrogens with zero attached hydrogens (tertiary/aromatic N) is 3. The average Bonchev–Trinajstić information content (AvgIpc) is 3.17. The molecule has 0 spiro atoms. The normalized spacial score (nSPS) is 15.2. The number of nitrogens with one attached hydrogen (secondary N) is 2. The van der Waals surface area contributed by atoms with E-state index in [0.29, 0.717) is 6.54 Å². The van der Waals surface area contributed by atoms with Gasteiger partial charge in [0.25, 0.3) is 0 Å². The van der Waals surface area contributed by atoms with E-state index in [2.05, 4.69) is 40.0 Å². The van der Waals surface area contributed by atoms with Crippen molar-refractivity contribution in [2.45, 2.75) is 32.7 Å². The predicted molar refractivity (Wildman–Crippen MR) is 126 cm³/mol. The first-order valence-electron chi connectivity index (χ1n) is 9.59. The minimum atomic E-state index is 0. The van der Waals surface area contributed by atoms with Crippen LogP contribution in [0.5, 0.6) is 0 Å². The van der Waals surface area contributed by atoms with Gasteiger partial charge in [0.1, 0.15) is 5.01 Å². The Morgan fingerprint density at radius 2 is 1.93 bits per heavy atom. The summed E-state index contributed by atoms with van der Waals surface area (Å²) in [6.45, 7) is 8.05. The summed E-state index contributed by atoms with van der Waals surface area (Å²) < 4.78 is 0. The molecule has 3 rings (SSSR count). The molecule has 148 valence electrons. The van der Waals surface area contributed by atoms with Crippen molar-refractivity contribution in [3.05, 3.63) is 40.7 Å². The summed E-state index contributed by atoms with van der Waals surface area (Å²) in [5.74, 6) is 0.876. The highest BCUT2D eigenvalue weighted by Gasteiger charge is 2.09. The number of halogens is 1. The van der Waals surface area contributed by atoms with Crippen LogP contribution in [0.3, 0.4) is 0 Å². The third-order valence-corrected chi connectivity index (χ3v) is 5.34. The van der Waals surface area contributed by atoms with Crippen molar-refractivity contribution < 1.29 is 0 Å². The second-order valence-corrected chi connectivity index (χ2v) is 7.46. The van der Waals surface area contributed by atoms with Crippen molar-refractivity contribution in [2.75, 3.05) is 32.7 Å². The van der Waals surface area contributed by atoms with Crippen LogP contribution >= 0.6 is 35.3 Å². The molecule has 0 bridgehead atoms. The maximum absolute atomic E-state index is 4.71. The quantitative estimate of drug-likeness (QED) is 0.344. The Kier molecular flexibility index (Phi) is 10.1. The highest BCUT2D eigenvalue weighted by molar-refractivity contribution is 14.0. The van der Waals surface area contributed by atoms with Crippen LogP contribution in [0.1, 0.15) is 31.2 Å². The molecule has 0 saturated carbocycles. The van der Waals surface area contributed by atoms with Crippen LogP contribution in [0.2, 0.25) is 0 Å². The molecular formula is C20H30IN5S. The molecule has 2 heterocycles. The van der Waals surface area contributed by atoms with E-state index >= 15 is 0 Å². The highest BCUT2D eigenvalue weighted by atomic mass is 127. The van der Waals surface area contributed by atoms with E-state index in [9.17, 15) is 0 Å². The number of guanidine groups is 1. The summed E-state index contributed by atoms with van der Waals surface area (Å²) in [5.41, 5.74) is 2.19. The Bertz CT molecular complexity index is 683. The molecule has 1 aromatic carbocycles. The highest BCUT2D eigenvalue weighted by Crippen LogP contribution is 2.21. The molecular weight excluding hydrogens is 469 g/mol. The van der Waals surface area contributed by atoms with Gasteiger partial charge in [0.05, 0.1) is 12.2 Å². The molecule has 1 aliphatic heterocycles. The lowest BCUT2D eigenvalue weighted by atomic mass is 10.1. The SMILES string of the molecule is CCNC(=NCc1nc(-c2ccccc2)cs1)NCCN1CCCCC1.I. The van der Waals surface area contributed by atoms with Crippen LogP contribution in [-0.2, 0) is 6.54 Å². The number of likely N-dealkylation sites (tertiary alicyclic amines) is 1. The van der Waals surface area contributed by atoms with E-state index < -0.39 is 0 Å². The summed E-state index contributed by atoms with van der Waals surface area (Å²) in [5, 5.41) is 9.92. The molecule has 1 aliphatic rings. The molecule has 2 aromatic rings. The first-order chi connectivity index (χ1) is 12.8. The van der Waals surface area contributed by atoms with Gasteiger partial charge in [0, 0.05) is 30.6 Å². The number of hydrogen-bond donors (Lipinski definition) is 2. The molecule has 1 saturated heterocycles. The molecule has 7 heteroatoms. The smallest absolute Gasteiger partial charge is 0.191 e. The topological polar surface area (TPSA) is 52.6 Å². The molecule has 0 unspecified atom stereocenters. The van der Waals surface area contributed by atoms with E-state index in [-0.39, 0.29) is 24.0 Å². The monoisotopic (exact) mass is 499 g/mol. The van der Waals surface area contributed by atoms with E-state index in [0.717, 1.165) is 41.9 Å².